The van der Waals surface area contributed by atoms with E-state index in [0.717, 1.165) is 16.0 Å². The van der Waals surface area contributed by atoms with Gasteiger partial charge in [0.05, 0.1) is 4.90 Å². The molecule has 0 unspecified atom stereocenters. The Morgan fingerprint density at radius 2 is 2.33 bits per heavy atom. The van der Waals surface area contributed by atoms with Gasteiger partial charge in [0.15, 0.2) is 5.58 Å². The van der Waals surface area contributed by atoms with E-state index in [9.17, 15) is 0 Å². The Morgan fingerprint density at radius 3 is 3.08 bits per heavy atom. The number of para-hydroxylation sites is 1. The zero-order valence-electron chi connectivity index (χ0n) is 6.37. The van der Waals surface area contributed by atoms with Crippen LogP contribution in [0.3, 0.4) is 0 Å². The second-order valence-corrected chi connectivity index (χ2v) is 4.05. The largest absolute Gasteiger partial charge is 0.431 e. The van der Waals surface area contributed by atoms with Crippen LogP contribution in [0.25, 0.3) is 11.1 Å². The number of thioether (sulfide) groups is 1. The molecule has 12 heavy (non-hydrogen) atoms. The topological polar surface area (TPSA) is 26.0 Å². The second kappa shape index (κ2) is 3.26. The molecule has 1 aromatic carbocycles. The number of aromatic nitrogens is 1. The Balaban J connectivity index is 2.78. The summed E-state index contributed by atoms with van der Waals surface area (Å²) in [5, 5.41) is 0. The first kappa shape index (κ1) is 8.37. The molecule has 0 aliphatic heterocycles. The molecule has 62 valence electrons. The van der Waals surface area contributed by atoms with Crippen LogP contribution in [-0.2, 0) is 0 Å². The third kappa shape index (κ3) is 1.33. The van der Waals surface area contributed by atoms with Crippen molar-refractivity contribution in [3.8, 4) is 0 Å². The third-order valence-corrected chi connectivity index (χ3v) is 2.80. The molecule has 0 bridgehead atoms. The van der Waals surface area contributed by atoms with E-state index >= 15 is 0 Å². The van der Waals surface area contributed by atoms with E-state index in [1.54, 1.807) is 11.8 Å². The van der Waals surface area contributed by atoms with E-state index in [2.05, 4.69) is 27.6 Å². The molecule has 0 aliphatic carbocycles. The normalized spacial score (nSPS) is 10.8. The summed E-state index contributed by atoms with van der Waals surface area (Å²) in [5.41, 5.74) is 1.83. The second-order valence-electron chi connectivity index (χ2n) is 2.28. The van der Waals surface area contributed by atoms with Crippen LogP contribution in [0.15, 0.2) is 27.5 Å². The highest BCUT2D eigenvalue weighted by atomic mass is 127. The summed E-state index contributed by atoms with van der Waals surface area (Å²) in [6.45, 7) is 0. The zero-order valence-corrected chi connectivity index (χ0v) is 9.35. The number of hydrogen-bond donors (Lipinski definition) is 0. The molecule has 2 nitrogen and oxygen atoms in total. The number of fused-ring (bicyclic) bond motifs is 1. The van der Waals surface area contributed by atoms with E-state index in [1.807, 2.05) is 24.5 Å². The maximum atomic E-state index is 5.44. The molecule has 0 fully saturated rings. The SMILES string of the molecule is CSc1cccc2nc(I)oc12. The van der Waals surface area contributed by atoms with E-state index in [0.29, 0.717) is 3.90 Å². The number of oxazole rings is 1. The van der Waals surface area contributed by atoms with Crippen LogP contribution in [0.5, 0.6) is 0 Å². The summed E-state index contributed by atoms with van der Waals surface area (Å²) in [6, 6.07) is 5.99. The molecule has 0 atom stereocenters. The lowest BCUT2D eigenvalue weighted by Crippen LogP contribution is -1.71. The molecule has 0 saturated carbocycles. The minimum absolute atomic E-state index is 0.698. The predicted molar refractivity (Wildman–Crippen MR) is 58.5 cm³/mol. The fourth-order valence-corrected chi connectivity index (χ4v) is 2.08. The number of benzene rings is 1. The molecular weight excluding hydrogens is 285 g/mol. The van der Waals surface area contributed by atoms with E-state index < -0.39 is 0 Å². The lowest BCUT2D eigenvalue weighted by molar-refractivity contribution is 0.561. The molecular formula is C8H6INOS. The summed E-state index contributed by atoms with van der Waals surface area (Å²) < 4.78 is 6.14. The van der Waals surface area contributed by atoms with Gasteiger partial charge in [-0.1, -0.05) is 6.07 Å². The van der Waals surface area contributed by atoms with Crippen molar-refractivity contribution in [1.82, 2.24) is 4.98 Å². The molecule has 0 aliphatic rings. The van der Waals surface area contributed by atoms with Crippen LogP contribution >= 0.6 is 34.4 Å². The molecule has 0 amide bonds. The van der Waals surface area contributed by atoms with Gasteiger partial charge < -0.3 is 4.42 Å². The summed E-state index contributed by atoms with van der Waals surface area (Å²) >= 11 is 3.75. The summed E-state index contributed by atoms with van der Waals surface area (Å²) in [4.78, 5) is 5.37. The lowest BCUT2D eigenvalue weighted by atomic mass is 10.3. The fraction of sp³-hybridized carbons (Fsp3) is 0.125. The molecule has 0 saturated heterocycles. The van der Waals surface area contributed by atoms with E-state index in [-0.39, 0.29) is 0 Å². The number of halogens is 1. The quantitative estimate of drug-likeness (QED) is 0.596. The molecule has 0 radical (unpaired) electrons. The Kier molecular flexibility index (Phi) is 2.27. The van der Waals surface area contributed by atoms with Gasteiger partial charge >= 0.3 is 0 Å². The predicted octanol–water partition coefficient (Wildman–Crippen LogP) is 3.15. The van der Waals surface area contributed by atoms with Gasteiger partial charge in [0.25, 0.3) is 3.90 Å². The van der Waals surface area contributed by atoms with Crippen molar-refractivity contribution in [2.24, 2.45) is 0 Å². The van der Waals surface area contributed by atoms with Crippen LogP contribution in [-0.4, -0.2) is 11.2 Å². The van der Waals surface area contributed by atoms with E-state index in [1.165, 1.54) is 0 Å². The minimum Gasteiger partial charge on any atom is -0.431 e. The van der Waals surface area contributed by atoms with Crippen molar-refractivity contribution in [1.29, 1.82) is 0 Å². The van der Waals surface area contributed by atoms with Gasteiger partial charge in [-0.15, -0.1) is 11.8 Å². The Labute approximate surface area is 87.9 Å². The molecule has 2 rings (SSSR count). The van der Waals surface area contributed by atoms with Crippen molar-refractivity contribution >= 4 is 45.5 Å². The molecule has 1 heterocycles. The van der Waals surface area contributed by atoms with Crippen molar-refractivity contribution in [2.45, 2.75) is 4.90 Å². The highest BCUT2D eigenvalue weighted by Gasteiger charge is 2.06. The van der Waals surface area contributed by atoms with Gasteiger partial charge in [-0.05, 0) is 18.4 Å². The summed E-state index contributed by atoms with van der Waals surface area (Å²) in [5.74, 6) is 0. The van der Waals surface area contributed by atoms with Crippen LogP contribution in [0, 0.1) is 3.90 Å². The van der Waals surface area contributed by atoms with Crippen molar-refractivity contribution in [2.75, 3.05) is 6.26 Å². The van der Waals surface area contributed by atoms with E-state index in [4.69, 9.17) is 4.42 Å². The van der Waals surface area contributed by atoms with Gasteiger partial charge in [-0.25, -0.2) is 4.98 Å². The average Bonchev–Trinajstić information content (AvgIpc) is 2.44. The van der Waals surface area contributed by atoms with Crippen LogP contribution < -0.4 is 0 Å². The summed E-state index contributed by atoms with van der Waals surface area (Å²) in [6.07, 6.45) is 2.03. The standard InChI is InChI=1S/C8H6INOS/c1-12-6-4-2-3-5-7(6)11-8(9)10-5/h2-4H,1H3. The molecule has 0 spiro atoms. The van der Waals surface area contributed by atoms with Crippen LogP contribution in [0.4, 0.5) is 0 Å². The van der Waals surface area contributed by atoms with Gasteiger partial charge in [-0.3, -0.25) is 0 Å². The summed E-state index contributed by atoms with van der Waals surface area (Å²) in [7, 11) is 0. The zero-order chi connectivity index (χ0) is 8.55. The van der Waals surface area contributed by atoms with Crippen LogP contribution in [0.1, 0.15) is 0 Å². The number of hydrogen-bond acceptors (Lipinski definition) is 3. The first-order valence-electron chi connectivity index (χ1n) is 3.40. The van der Waals surface area contributed by atoms with Crippen molar-refractivity contribution < 1.29 is 4.42 Å². The van der Waals surface area contributed by atoms with Gasteiger partial charge in [0.1, 0.15) is 5.52 Å². The van der Waals surface area contributed by atoms with Gasteiger partial charge in [-0.2, -0.15) is 0 Å². The van der Waals surface area contributed by atoms with Crippen LogP contribution in [0.2, 0.25) is 0 Å². The van der Waals surface area contributed by atoms with Gasteiger partial charge in [0.2, 0.25) is 0 Å². The number of rotatable bonds is 1. The first-order valence-corrected chi connectivity index (χ1v) is 5.70. The van der Waals surface area contributed by atoms with Crippen molar-refractivity contribution in [3.63, 3.8) is 0 Å². The first-order chi connectivity index (χ1) is 5.81. The fourth-order valence-electron chi connectivity index (χ4n) is 1.06. The van der Waals surface area contributed by atoms with Crippen molar-refractivity contribution in [3.05, 3.63) is 22.1 Å². The lowest BCUT2D eigenvalue weighted by Gasteiger charge is -1.93. The smallest absolute Gasteiger partial charge is 0.258 e. The third-order valence-electron chi connectivity index (χ3n) is 1.57. The Bertz CT molecular complexity index is 412. The molecule has 4 heteroatoms. The molecule has 2 aromatic rings. The Hall–Kier alpha value is -0.230. The maximum absolute atomic E-state index is 5.44. The minimum atomic E-state index is 0.698. The monoisotopic (exact) mass is 291 g/mol. The average molecular weight is 291 g/mol. The molecule has 0 N–H and O–H groups in total. The molecule has 1 aromatic heterocycles. The Morgan fingerprint density at radius 1 is 1.50 bits per heavy atom. The maximum Gasteiger partial charge on any atom is 0.258 e. The van der Waals surface area contributed by atoms with Gasteiger partial charge in [0, 0.05) is 22.6 Å². The highest BCUT2D eigenvalue weighted by molar-refractivity contribution is 14.1. The number of nitrogens with zero attached hydrogens (tertiary/aromatic N) is 1. The highest BCUT2D eigenvalue weighted by Crippen LogP contribution is 2.26.